The SMILES string of the molecule is CNC(=O)c1ccnc(CC(=O)CC(C)C)c1. The summed E-state index contributed by atoms with van der Waals surface area (Å²) in [5.41, 5.74) is 1.19. The molecule has 1 N–H and O–H groups in total. The lowest BCUT2D eigenvalue weighted by atomic mass is 10.0. The summed E-state index contributed by atoms with van der Waals surface area (Å²) in [6, 6.07) is 3.30. The fourth-order valence-corrected chi connectivity index (χ4v) is 1.59. The van der Waals surface area contributed by atoms with Gasteiger partial charge < -0.3 is 5.32 Å². The minimum absolute atomic E-state index is 0.154. The minimum atomic E-state index is -0.162. The van der Waals surface area contributed by atoms with Crippen molar-refractivity contribution in [2.24, 2.45) is 5.92 Å². The molecule has 0 aliphatic carbocycles. The highest BCUT2D eigenvalue weighted by atomic mass is 16.1. The van der Waals surface area contributed by atoms with Gasteiger partial charge in [0.05, 0.1) is 0 Å². The number of rotatable bonds is 5. The van der Waals surface area contributed by atoms with Crippen molar-refractivity contribution in [1.29, 1.82) is 0 Å². The molecule has 4 heteroatoms. The number of ketones is 1. The van der Waals surface area contributed by atoms with Gasteiger partial charge in [-0.15, -0.1) is 0 Å². The highest BCUT2D eigenvalue weighted by molar-refractivity contribution is 5.94. The molecule has 0 radical (unpaired) electrons. The number of Topliss-reactive ketones (excluding diaryl/α,β-unsaturated/α-hetero) is 1. The van der Waals surface area contributed by atoms with Crippen LogP contribution in [0.3, 0.4) is 0 Å². The van der Waals surface area contributed by atoms with E-state index in [2.05, 4.69) is 10.3 Å². The van der Waals surface area contributed by atoms with E-state index in [-0.39, 0.29) is 11.7 Å². The van der Waals surface area contributed by atoms with Crippen molar-refractivity contribution in [1.82, 2.24) is 10.3 Å². The molecule has 0 aromatic carbocycles. The maximum absolute atomic E-state index is 11.6. The molecule has 0 saturated heterocycles. The quantitative estimate of drug-likeness (QED) is 0.841. The van der Waals surface area contributed by atoms with Crippen molar-refractivity contribution in [3.8, 4) is 0 Å². The highest BCUT2D eigenvalue weighted by Crippen LogP contribution is 2.07. The van der Waals surface area contributed by atoms with E-state index in [1.54, 1.807) is 25.4 Å². The lowest BCUT2D eigenvalue weighted by Gasteiger charge is -2.05. The molecule has 1 amide bonds. The fourth-order valence-electron chi connectivity index (χ4n) is 1.59. The van der Waals surface area contributed by atoms with Crippen LogP contribution in [0.5, 0.6) is 0 Å². The van der Waals surface area contributed by atoms with Crippen LogP contribution in [-0.2, 0) is 11.2 Å². The number of hydrogen-bond donors (Lipinski definition) is 1. The zero-order chi connectivity index (χ0) is 12.8. The van der Waals surface area contributed by atoms with Crippen molar-refractivity contribution in [2.45, 2.75) is 26.7 Å². The van der Waals surface area contributed by atoms with E-state index >= 15 is 0 Å². The monoisotopic (exact) mass is 234 g/mol. The van der Waals surface area contributed by atoms with Gasteiger partial charge in [0.1, 0.15) is 5.78 Å². The third-order valence-corrected chi connectivity index (χ3v) is 2.32. The van der Waals surface area contributed by atoms with Gasteiger partial charge in [0.15, 0.2) is 0 Å². The van der Waals surface area contributed by atoms with Crippen molar-refractivity contribution >= 4 is 11.7 Å². The molecule has 92 valence electrons. The number of amides is 1. The van der Waals surface area contributed by atoms with Crippen molar-refractivity contribution in [3.05, 3.63) is 29.6 Å². The Bertz CT molecular complexity index is 414. The molecular weight excluding hydrogens is 216 g/mol. The van der Waals surface area contributed by atoms with Crippen LogP contribution in [0.2, 0.25) is 0 Å². The summed E-state index contributed by atoms with van der Waals surface area (Å²) < 4.78 is 0. The highest BCUT2D eigenvalue weighted by Gasteiger charge is 2.09. The summed E-state index contributed by atoms with van der Waals surface area (Å²) in [4.78, 5) is 27.1. The molecule has 0 aliphatic rings. The van der Waals surface area contributed by atoms with E-state index in [0.29, 0.717) is 30.0 Å². The first-order valence-corrected chi connectivity index (χ1v) is 5.71. The van der Waals surface area contributed by atoms with Crippen LogP contribution < -0.4 is 5.32 Å². The van der Waals surface area contributed by atoms with Crippen LogP contribution in [0.15, 0.2) is 18.3 Å². The van der Waals surface area contributed by atoms with Crippen LogP contribution >= 0.6 is 0 Å². The van der Waals surface area contributed by atoms with Crippen molar-refractivity contribution in [2.75, 3.05) is 7.05 Å². The molecule has 17 heavy (non-hydrogen) atoms. The zero-order valence-corrected chi connectivity index (χ0v) is 10.5. The second-order valence-corrected chi connectivity index (χ2v) is 4.43. The van der Waals surface area contributed by atoms with E-state index < -0.39 is 0 Å². The maximum Gasteiger partial charge on any atom is 0.251 e. The molecule has 0 atom stereocenters. The number of nitrogens with one attached hydrogen (secondary N) is 1. The zero-order valence-electron chi connectivity index (χ0n) is 10.5. The molecule has 1 aromatic heterocycles. The smallest absolute Gasteiger partial charge is 0.251 e. The summed E-state index contributed by atoms with van der Waals surface area (Å²) in [5.74, 6) is 0.344. The van der Waals surface area contributed by atoms with Crippen LogP contribution in [-0.4, -0.2) is 23.7 Å². The normalized spacial score (nSPS) is 10.4. The molecule has 0 bridgehead atoms. The predicted octanol–water partition coefficient (Wildman–Crippen LogP) is 1.60. The Morgan fingerprint density at radius 2 is 2.12 bits per heavy atom. The lowest BCUT2D eigenvalue weighted by molar-refractivity contribution is -0.119. The summed E-state index contributed by atoms with van der Waals surface area (Å²) in [5, 5.41) is 2.54. The first kappa shape index (κ1) is 13.4. The Morgan fingerprint density at radius 3 is 2.71 bits per heavy atom. The van der Waals surface area contributed by atoms with E-state index in [1.165, 1.54) is 0 Å². The molecule has 1 heterocycles. The molecule has 1 rings (SSSR count). The molecule has 0 spiro atoms. The van der Waals surface area contributed by atoms with Gasteiger partial charge in [-0.25, -0.2) is 0 Å². The maximum atomic E-state index is 11.6. The molecule has 0 saturated carbocycles. The molecule has 0 aliphatic heterocycles. The van der Waals surface area contributed by atoms with Gasteiger partial charge in [0.2, 0.25) is 0 Å². The molecule has 4 nitrogen and oxygen atoms in total. The summed E-state index contributed by atoms with van der Waals surface area (Å²) in [6.45, 7) is 4.01. The van der Waals surface area contributed by atoms with Gasteiger partial charge in [0, 0.05) is 37.3 Å². The first-order valence-electron chi connectivity index (χ1n) is 5.71. The Morgan fingerprint density at radius 1 is 1.41 bits per heavy atom. The molecular formula is C13H18N2O2. The van der Waals surface area contributed by atoms with Crippen molar-refractivity contribution in [3.63, 3.8) is 0 Å². The Labute approximate surface area is 101 Å². The third-order valence-electron chi connectivity index (χ3n) is 2.32. The Hall–Kier alpha value is -1.71. The van der Waals surface area contributed by atoms with Crippen LogP contribution in [0.4, 0.5) is 0 Å². The Balaban J connectivity index is 2.72. The number of hydrogen-bond acceptors (Lipinski definition) is 3. The number of aromatic nitrogens is 1. The van der Waals surface area contributed by atoms with Gasteiger partial charge >= 0.3 is 0 Å². The van der Waals surface area contributed by atoms with Crippen LogP contribution in [0, 0.1) is 5.92 Å². The lowest BCUT2D eigenvalue weighted by Crippen LogP contribution is -2.18. The molecule has 0 unspecified atom stereocenters. The molecule has 0 fully saturated rings. The van der Waals surface area contributed by atoms with Gasteiger partial charge in [-0.2, -0.15) is 0 Å². The number of carbonyl (C=O) groups is 2. The van der Waals surface area contributed by atoms with Gasteiger partial charge in [-0.1, -0.05) is 13.8 Å². The predicted molar refractivity (Wildman–Crippen MR) is 65.8 cm³/mol. The van der Waals surface area contributed by atoms with Crippen molar-refractivity contribution < 1.29 is 9.59 Å². The third kappa shape index (κ3) is 4.34. The average Bonchev–Trinajstić information content (AvgIpc) is 2.27. The second kappa shape index (κ2) is 6.13. The van der Waals surface area contributed by atoms with E-state index in [4.69, 9.17) is 0 Å². The first-order chi connectivity index (χ1) is 8.02. The van der Waals surface area contributed by atoms with Gasteiger partial charge in [-0.05, 0) is 18.1 Å². The number of nitrogens with zero attached hydrogens (tertiary/aromatic N) is 1. The summed E-state index contributed by atoms with van der Waals surface area (Å²) in [6.07, 6.45) is 2.40. The summed E-state index contributed by atoms with van der Waals surface area (Å²) >= 11 is 0. The summed E-state index contributed by atoms with van der Waals surface area (Å²) in [7, 11) is 1.58. The van der Waals surface area contributed by atoms with E-state index in [0.717, 1.165) is 0 Å². The largest absolute Gasteiger partial charge is 0.355 e. The van der Waals surface area contributed by atoms with Gasteiger partial charge in [0.25, 0.3) is 5.91 Å². The number of pyridine rings is 1. The van der Waals surface area contributed by atoms with Crippen LogP contribution in [0.25, 0.3) is 0 Å². The average molecular weight is 234 g/mol. The van der Waals surface area contributed by atoms with E-state index in [1.807, 2.05) is 13.8 Å². The standard InChI is InChI=1S/C13H18N2O2/c1-9(2)6-12(16)8-11-7-10(4-5-15-11)13(17)14-3/h4-5,7,9H,6,8H2,1-3H3,(H,14,17). The minimum Gasteiger partial charge on any atom is -0.355 e. The topological polar surface area (TPSA) is 59.1 Å². The van der Waals surface area contributed by atoms with E-state index in [9.17, 15) is 9.59 Å². The number of carbonyl (C=O) groups excluding carboxylic acids is 2. The molecule has 1 aromatic rings. The van der Waals surface area contributed by atoms with Crippen LogP contribution in [0.1, 0.15) is 36.3 Å². The second-order valence-electron chi connectivity index (χ2n) is 4.43. The van der Waals surface area contributed by atoms with Gasteiger partial charge in [-0.3, -0.25) is 14.6 Å². The Kier molecular flexibility index (Phi) is 4.82. The fraction of sp³-hybridized carbons (Fsp3) is 0.462.